The molecule has 0 heterocycles. The maximum absolute atomic E-state index is 11.8. The summed E-state index contributed by atoms with van der Waals surface area (Å²) >= 11 is 3.31. The summed E-state index contributed by atoms with van der Waals surface area (Å²) in [5.41, 5.74) is 1.04. The van der Waals surface area contributed by atoms with Crippen LogP contribution in [-0.4, -0.2) is 18.4 Å². The van der Waals surface area contributed by atoms with Crippen LogP contribution in [0.5, 0.6) is 0 Å². The van der Waals surface area contributed by atoms with Gasteiger partial charge in [-0.2, -0.15) is 0 Å². The monoisotopic (exact) mass is 310 g/mol. The number of hydrogen-bond acceptors (Lipinski definition) is 3. The van der Waals surface area contributed by atoms with Gasteiger partial charge in [-0.05, 0) is 25.5 Å². The zero-order valence-corrected chi connectivity index (χ0v) is 11.8. The van der Waals surface area contributed by atoms with E-state index in [-0.39, 0.29) is 12.4 Å². The molecule has 18 heavy (non-hydrogen) atoms. The molecule has 0 unspecified atom stereocenters. The van der Waals surface area contributed by atoms with E-state index in [0.717, 1.165) is 4.47 Å². The maximum Gasteiger partial charge on any atom is 0.333 e. The Morgan fingerprint density at radius 1 is 1.28 bits per heavy atom. The summed E-state index contributed by atoms with van der Waals surface area (Å²) in [5.74, 6) is -0.361. The van der Waals surface area contributed by atoms with Crippen molar-refractivity contribution in [3.8, 4) is 0 Å². The van der Waals surface area contributed by atoms with Crippen molar-refractivity contribution in [3.05, 3.63) is 46.5 Å². The van der Waals surface area contributed by atoms with Crippen molar-refractivity contribution in [2.75, 3.05) is 6.61 Å². The minimum absolute atomic E-state index is 0.0499. The normalized spacial score (nSPS) is 9.89. The van der Waals surface area contributed by atoms with Gasteiger partial charge in [0.1, 0.15) is 0 Å². The third-order valence-corrected chi connectivity index (χ3v) is 2.82. The molecule has 3 nitrogen and oxygen atoms in total. The van der Waals surface area contributed by atoms with Gasteiger partial charge in [-0.15, -0.1) is 0 Å². The predicted octanol–water partition coefficient (Wildman–Crippen LogP) is 3.53. The van der Waals surface area contributed by atoms with E-state index in [1.165, 1.54) is 0 Å². The van der Waals surface area contributed by atoms with Crippen LogP contribution < -0.4 is 0 Å². The maximum atomic E-state index is 11.8. The fraction of sp³-hybridized carbons (Fsp3) is 0.286. The van der Waals surface area contributed by atoms with Gasteiger partial charge in [-0.25, -0.2) is 4.79 Å². The average molecular weight is 311 g/mol. The molecule has 0 saturated heterocycles. The zero-order chi connectivity index (χ0) is 13.5. The molecule has 96 valence electrons. The number of Topliss-reactive ketones (excluding diaryl/α,β-unsaturated/α-hetero) is 1. The van der Waals surface area contributed by atoms with Crippen LogP contribution in [-0.2, 0) is 9.53 Å². The van der Waals surface area contributed by atoms with Crippen molar-refractivity contribution in [3.63, 3.8) is 0 Å². The summed E-state index contributed by atoms with van der Waals surface area (Å²) in [5, 5.41) is 0. The number of carbonyl (C=O) groups is 2. The number of hydrogen-bond donors (Lipinski definition) is 0. The first-order valence-electron chi connectivity index (χ1n) is 5.62. The highest BCUT2D eigenvalue weighted by molar-refractivity contribution is 9.10. The second-order valence-corrected chi connectivity index (χ2v) is 4.87. The third-order valence-electron chi connectivity index (χ3n) is 2.30. The van der Waals surface area contributed by atoms with E-state index in [1.807, 2.05) is 12.1 Å². The number of halogens is 1. The quantitative estimate of drug-likeness (QED) is 0.349. The first kappa shape index (κ1) is 14.6. The van der Waals surface area contributed by atoms with Gasteiger partial charge in [-0.1, -0.05) is 34.6 Å². The number of carbonyl (C=O) groups excluding carboxylic acids is 2. The molecular weight excluding hydrogens is 296 g/mol. The summed E-state index contributed by atoms with van der Waals surface area (Å²) in [4.78, 5) is 22.8. The molecule has 0 N–H and O–H groups in total. The van der Waals surface area contributed by atoms with Crippen molar-refractivity contribution < 1.29 is 14.3 Å². The van der Waals surface area contributed by atoms with Gasteiger partial charge in [0.05, 0.1) is 6.61 Å². The fourth-order valence-corrected chi connectivity index (χ4v) is 1.57. The molecule has 4 heteroatoms. The van der Waals surface area contributed by atoms with Crippen LogP contribution in [0, 0.1) is 0 Å². The smallest absolute Gasteiger partial charge is 0.333 e. The Morgan fingerprint density at radius 2 is 1.89 bits per heavy atom. The fourth-order valence-electron chi connectivity index (χ4n) is 1.30. The molecule has 1 rings (SSSR count). The summed E-state index contributed by atoms with van der Waals surface area (Å²) < 4.78 is 5.85. The summed E-state index contributed by atoms with van der Waals surface area (Å²) in [7, 11) is 0. The zero-order valence-electron chi connectivity index (χ0n) is 10.2. The van der Waals surface area contributed by atoms with Gasteiger partial charge in [0.25, 0.3) is 0 Å². The second kappa shape index (κ2) is 7.11. The number of ketones is 1. The van der Waals surface area contributed by atoms with E-state index >= 15 is 0 Å². The van der Waals surface area contributed by atoms with Gasteiger partial charge in [0.2, 0.25) is 0 Å². The largest absolute Gasteiger partial charge is 0.462 e. The van der Waals surface area contributed by atoms with Crippen molar-refractivity contribution in [2.24, 2.45) is 0 Å². The van der Waals surface area contributed by atoms with Crippen LogP contribution in [0.3, 0.4) is 0 Å². The van der Waals surface area contributed by atoms with E-state index in [4.69, 9.17) is 4.74 Å². The Balaban J connectivity index is 2.32. The summed E-state index contributed by atoms with van der Waals surface area (Å²) in [6.07, 6.45) is 0.888. The number of ether oxygens (including phenoxy) is 1. The molecule has 0 aromatic heterocycles. The number of rotatable bonds is 6. The van der Waals surface area contributed by atoms with Crippen LogP contribution in [0.25, 0.3) is 0 Å². The SMILES string of the molecule is C=C(C)C(=O)OCCCC(=O)c1ccc(Br)cc1. The van der Waals surface area contributed by atoms with Crippen molar-refractivity contribution in [1.82, 2.24) is 0 Å². The molecule has 0 aliphatic carbocycles. The summed E-state index contributed by atoms with van der Waals surface area (Å²) in [6.45, 7) is 5.32. The molecule has 0 amide bonds. The molecule has 0 saturated carbocycles. The highest BCUT2D eigenvalue weighted by Gasteiger charge is 2.07. The molecule has 1 aromatic rings. The van der Waals surface area contributed by atoms with Gasteiger partial charge < -0.3 is 4.74 Å². The van der Waals surface area contributed by atoms with E-state index in [9.17, 15) is 9.59 Å². The van der Waals surface area contributed by atoms with E-state index < -0.39 is 5.97 Å². The molecule has 0 aliphatic rings. The molecule has 0 atom stereocenters. The molecular formula is C14H15BrO3. The van der Waals surface area contributed by atoms with Crippen LogP contribution in [0.4, 0.5) is 0 Å². The first-order valence-corrected chi connectivity index (χ1v) is 6.41. The Labute approximate surface area is 115 Å². The topological polar surface area (TPSA) is 43.4 Å². The van der Waals surface area contributed by atoms with Gasteiger partial charge in [0.15, 0.2) is 5.78 Å². The molecule has 0 spiro atoms. The Morgan fingerprint density at radius 3 is 2.44 bits per heavy atom. The minimum atomic E-state index is -0.411. The van der Waals surface area contributed by atoms with Gasteiger partial charge in [0, 0.05) is 22.0 Å². The van der Waals surface area contributed by atoms with Crippen molar-refractivity contribution in [2.45, 2.75) is 19.8 Å². The number of benzene rings is 1. The highest BCUT2D eigenvalue weighted by Crippen LogP contribution is 2.12. The minimum Gasteiger partial charge on any atom is -0.462 e. The molecule has 0 radical (unpaired) electrons. The Kier molecular flexibility index (Phi) is 5.78. The highest BCUT2D eigenvalue weighted by atomic mass is 79.9. The molecule has 0 bridgehead atoms. The lowest BCUT2D eigenvalue weighted by atomic mass is 10.1. The molecule has 0 aliphatic heterocycles. The average Bonchev–Trinajstić information content (AvgIpc) is 2.34. The first-order chi connectivity index (χ1) is 8.50. The van der Waals surface area contributed by atoms with Crippen LogP contribution in [0.2, 0.25) is 0 Å². The lowest BCUT2D eigenvalue weighted by Crippen LogP contribution is -2.08. The lowest BCUT2D eigenvalue weighted by molar-refractivity contribution is -0.139. The standard InChI is InChI=1S/C14H15BrO3/c1-10(2)14(17)18-9-3-4-13(16)11-5-7-12(15)8-6-11/h5-8H,1,3-4,9H2,2H3. The van der Waals surface area contributed by atoms with Crippen molar-refractivity contribution >= 4 is 27.7 Å². The second-order valence-electron chi connectivity index (χ2n) is 3.95. The predicted molar refractivity (Wildman–Crippen MR) is 73.5 cm³/mol. The molecule has 0 fully saturated rings. The van der Waals surface area contributed by atoms with Gasteiger partial charge in [-0.3, -0.25) is 4.79 Å². The van der Waals surface area contributed by atoms with Crippen molar-refractivity contribution in [1.29, 1.82) is 0 Å². The van der Waals surface area contributed by atoms with Gasteiger partial charge >= 0.3 is 5.97 Å². The summed E-state index contributed by atoms with van der Waals surface area (Å²) in [6, 6.07) is 7.20. The number of esters is 1. The van der Waals surface area contributed by atoms with Crippen LogP contribution >= 0.6 is 15.9 Å². The van der Waals surface area contributed by atoms with E-state index in [2.05, 4.69) is 22.5 Å². The molecule has 1 aromatic carbocycles. The third kappa shape index (κ3) is 4.84. The van der Waals surface area contributed by atoms with Crippen LogP contribution in [0.1, 0.15) is 30.1 Å². The Bertz CT molecular complexity index is 449. The lowest BCUT2D eigenvalue weighted by Gasteiger charge is -2.04. The Hall–Kier alpha value is -1.42. The van der Waals surface area contributed by atoms with E-state index in [0.29, 0.717) is 24.0 Å². The van der Waals surface area contributed by atoms with E-state index in [1.54, 1.807) is 19.1 Å². The van der Waals surface area contributed by atoms with Crippen LogP contribution in [0.15, 0.2) is 40.9 Å².